The zero-order chi connectivity index (χ0) is 16.0. The summed E-state index contributed by atoms with van der Waals surface area (Å²) in [4.78, 5) is 20.6. The molecule has 0 aliphatic heterocycles. The fraction of sp³-hybridized carbons (Fsp3) is 0.364. The van der Waals surface area contributed by atoms with Crippen molar-refractivity contribution in [3.05, 3.63) is 33.9 Å². The first-order valence-electron chi connectivity index (χ1n) is 5.73. The van der Waals surface area contributed by atoms with Crippen LogP contribution in [0, 0.1) is 10.1 Å². The van der Waals surface area contributed by atoms with E-state index in [1.807, 2.05) is 5.43 Å². The van der Waals surface area contributed by atoms with Crippen molar-refractivity contribution in [2.45, 2.75) is 19.0 Å². The highest BCUT2D eigenvalue weighted by atomic mass is 19.4. The minimum absolute atomic E-state index is 0.0327. The monoisotopic (exact) mass is 307 g/mol. The van der Waals surface area contributed by atoms with Gasteiger partial charge in [0.25, 0.3) is 0 Å². The predicted octanol–water partition coefficient (Wildman–Crippen LogP) is 1.76. The van der Waals surface area contributed by atoms with Crippen LogP contribution in [0.2, 0.25) is 0 Å². The minimum atomic E-state index is -4.68. The van der Waals surface area contributed by atoms with Gasteiger partial charge in [-0.25, -0.2) is 5.84 Å². The average molecular weight is 307 g/mol. The fourth-order valence-corrected chi connectivity index (χ4v) is 1.45. The summed E-state index contributed by atoms with van der Waals surface area (Å²) >= 11 is 0. The van der Waals surface area contributed by atoms with E-state index in [0.29, 0.717) is 12.1 Å². The lowest BCUT2D eigenvalue weighted by atomic mass is 10.2. The van der Waals surface area contributed by atoms with E-state index in [4.69, 9.17) is 10.6 Å². The number of amides is 1. The molecule has 0 aliphatic rings. The first kappa shape index (κ1) is 16.7. The Bertz CT molecular complexity index is 534. The topological polar surface area (TPSA) is 107 Å². The van der Waals surface area contributed by atoms with Crippen LogP contribution in [-0.2, 0) is 11.0 Å². The molecule has 7 nitrogen and oxygen atoms in total. The molecule has 0 unspecified atom stereocenters. The molecule has 1 aromatic carbocycles. The van der Waals surface area contributed by atoms with Crippen molar-refractivity contribution < 1.29 is 27.6 Å². The largest absolute Gasteiger partial charge is 0.487 e. The van der Waals surface area contributed by atoms with Crippen LogP contribution in [0.3, 0.4) is 0 Å². The Morgan fingerprint density at radius 2 is 2.10 bits per heavy atom. The molecule has 0 heterocycles. The summed E-state index contributed by atoms with van der Waals surface area (Å²) in [7, 11) is 0. The molecule has 0 radical (unpaired) electrons. The van der Waals surface area contributed by atoms with E-state index in [9.17, 15) is 28.1 Å². The number of ether oxygens (including phenoxy) is 1. The lowest BCUT2D eigenvalue weighted by molar-refractivity contribution is -0.386. The fourth-order valence-electron chi connectivity index (χ4n) is 1.45. The molecule has 1 rings (SSSR count). The number of hydrogen-bond donors (Lipinski definition) is 2. The number of nitrogens with two attached hydrogens (primary N) is 1. The summed E-state index contributed by atoms with van der Waals surface area (Å²) in [5, 5.41) is 10.8. The Morgan fingerprint density at radius 3 is 2.62 bits per heavy atom. The number of carbonyl (C=O) groups excluding carboxylic acids is 1. The van der Waals surface area contributed by atoms with Gasteiger partial charge in [-0.1, -0.05) is 0 Å². The number of nitro groups is 1. The summed E-state index contributed by atoms with van der Waals surface area (Å²) in [6.45, 7) is -0.0698. The van der Waals surface area contributed by atoms with E-state index in [-0.39, 0.29) is 25.2 Å². The van der Waals surface area contributed by atoms with Gasteiger partial charge in [-0.15, -0.1) is 0 Å². The molecular formula is C11H12F3N3O4. The molecule has 0 saturated carbocycles. The van der Waals surface area contributed by atoms with Crippen LogP contribution >= 0.6 is 0 Å². The van der Waals surface area contributed by atoms with Crippen LogP contribution in [0.15, 0.2) is 18.2 Å². The van der Waals surface area contributed by atoms with Crippen molar-refractivity contribution in [3.8, 4) is 5.75 Å². The van der Waals surface area contributed by atoms with Gasteiger partial charge in [-0.2, -0.15) is 13.2 Å². The number of carbonyl (C=O) groups is 1. The average Bonchev–Trinajstić information content (AvgIpc) is 2.41. The van der Waals surface area contributed by atoms with Crippen LogP contribution in [0.5, 0.6) is 5.75 Å². The van der Waals surface area contributed by atoms with Crippen molar-refractivity contribution >= 4 is 11.6 Å². The molecule has 116 valence electrons. The summed E-state index contributed by atoms with van der Waals surface area (Å²) in [6, 6.07) is 1.97. The molecule has 10 heteroatoms. The van der Waals surface area contributed by atoms with E-state index >= 15 is 0 Å². The lowest BCUT2D eigenvalue weighted by Crippen LogP contribution is -2.29. The zero-order valence-corrected chi connectivity index (χ0v) is 10.6. The highest BCUT2D eigenvalue weighted by Crippen LogP contribution is 2.36. The second kappa shape index (κ2) is 6.88. The maximum absolute atomic E-state index is 12.5. The number of nitro benzene ring substituents is 1. The zero-order valence-electron chi connectivity index (χ0n) is 10.6. The van der Waals surface area contributed by atoms with Crippen LogP contribution < -0.4 is 16.0 Å². The number of halogens is 3. The van der Waals surface area contributed by atoms with Gasteiger partial charge in [0.1, 0.15) is 0 Å². The Morgan fingerprint density at radius 1 is 1.43 bits per heavy atom. The predicted molar refractivity (Wildman–Crippen MR) is 65.2 cm³/mol. The molecule has 1 amide bonds. The van der Waals surface area contributed by atoms with Gasteiger partial charge in [0.15, 0.2) is 5.75 Å². The van der Waals surface area contributed by atoms with E-state index in [2.05, 4.69) is 0 Å². The molecule has 21 heavy (non-hydrogen) atoms. The normalized spacial score (nSPS) is 11.0. The van der Waals surface area contributed by atoms with Crippen molar-refractivity contribution in [1.82, 2.24) is 5.43 Å². The third kappa shape index (κ3) is 4.91. The molecule has 0 bridgehead atoms. The van der Waals surface area contributed by atoms with E-state index in [1.54, 1.807) is 0 Å². The van der Waals surface area contributed by atoms with Gasteiger partial charge in [-0.3, -0.25) is 20.3 Å². The Balaban J connectivity index is 2.78. The first-order valence-corrected chi connectivity index (χ1v) is 5.73. The van der Waals surface area contributed by atoms with Crippen molar-refractivity contribution in [3.63, 3.8) is 0 Å². The highest BCUT2D eigenvalue weighted by molar-refractivity contribution is 5.75. The molecule has 0 atom stereocenters. The number of benzene rings is 1. The van der Waals surface area contributed by atoms with Crippen LogP contribution in [0.25, 0.3) is 0 Å². The van der Waals surface area contributed by atoms with E-state index < -0.39 is 28.3 Å². The lowest BCUT2D eigenvalue weighted by Gasteiger charge is -2.10. The van der Waals surface area contributed by atoms with Crippen molar-refractivity contribution in [1.29, 1.82) is 0 Å². The Labute approximate surface area is 117 Å². The second-order valence-electron chi connectivity index (χ2n) is 3.96. The van der Waals surface area contributed by atoms with Gasteiger partial charge < -0.3 is 4.74 Å². The highest BCUT2D eigenvalue weighted by Gasteiger charge is 2.33. The SMILES string of the molecule is NNC(=O)CCCOc1ccc(C(F)(F)F)cc1[N+](=O)[O-]. The second-order valence-corrected chi connectivity index (χ2v) is 3.96. The number of hydrogen-bond acceptors (Lipinski definition) is 5. The number of rotatable bonds is 6. The molecule has 1 aromatic rings. The van der Waals surface area contributed by atoms with Gasteiger partial charge in [0.05, 0.1) is 17.1 Å². The van der Waals surface area contributed by atoms with Crippen LogP contribution in [0.4, 0.5) is 18.9 Å². The summed E-state index contributed by atoms with van der Waals surface area (Å²) < 4.78 is 42.5. The van der Waals surface area contributed by atoms with Gasteiger partial charge in [0.2, 0.25) is 5.91 Å². The van der Waals surface area contributed by atoms with E-state index in [0.717, 1.165) is 6.07 Å². The summed E-state index contributed by atoms with van der Waals surface area (Å²) in [6.07, 6.45) is -4.44. The third-order valence-corrected chi connectivity index (χ3v) is 2.45. The van der Waals surface area contributed by atoms with Gasteiger partial charge in [-0.05, 0) is 18.6 Å². The van der Waals surface area contributed by atoms with Crippen LogP contribution in [0.1, 0.15) is 18.4 Å². The molecule has 0 fully saturated rings. The molecule has 0 saturated heterocycles. The number of hydrazine groups is 1. The third-order valence-electron chi connectivity index (χ3n) is 2.45. The maximum Gasteiger partial charge on any atom is 0.416 e. The molecule has 0 aliphatic carbocycles. The minimum Gasteiger partial charge on any atom is -0.487 e. The first-order chi connectivity index (χ1) is 9.75. The number of nitrogens with one attached hydrogen (secondary N) is 1. The molecule has 0 aromatic heterocycles. The van der Waals surface area contributed by atoms with Crippen LogP contribution in [-0.4, -0.2) is 17.4 Å². The number of alkyl halides is 3. The summed E-state index contributed by atoms with van der Waals surface area (Å²) in [5.74, 6) is 4.12. The van der Waals surface area contributed by atoms with Crippen molar-refractivity contribution in [2.75, 3.05) is 6.61 Å². The molecule has 0 spiro atoms. The summed E-state index contributed by atoms with van der Waals surface area (Å²) in [5.41, 5.74) is -0.0297. The van der Waals surface area contributed by atoms with E-state index in [1.165, 1.54) is 0 Å². The Kier molecular flexibility index (Phi) is 5.47. The van der Waals surface area contributed by atoms with Crippen molar-refractivity contribution in [2.24, 2.45) is 5.84 Å². The Hall–Kier alpha value is -2.36. The standard InChI is InChI=1S/C11H12F3N3O4/c12-11(13,14)7-3-4-9(8(6-7)17(19)20)21-5-1-2-10(18)16-15/h3-4,6H,1-2,5,15H2,(H,16,18). The quantitative estimate of drug-likeness (QED) is 0.274. The molecule has 3 N–H and O–H groups in total. The molecular weight excluding hydrogens is 295 g/mol. The van der Waals surface area contributed by atoms with Gasteiger partial charge in [0, 0.05) is 12.5 Å². The smallest absolute Gasteiger partial charge is 0.416 e. The number of nitrogens with zero attached hydrogens (tertiary/aromatic N) is 1. The van der Waals surface area contributed by atoms with Gasteiger partial charge >= 0.3 is 11.9 Å². The maximum atomic E-state index is 12.5.